The summed E-state index contributed by atoms with van der Waals surface area (Å²) in [7, 11) is 0. The first kappa shape index (κ1) is 11.5. The Morgan fingerprint density at radius 3 is 2.79 bits per heavy atom. The van der Waals surface area contributed by atoms with Gasteiger partial charge in [0.1, 0.15) is 0 Å². The Hall–Kier alpha value is -0.540. The monoisotopic (exact) mass is 210 g/mol. The minimum absolute atomic E-state index is 0.260. The van der Waals surface area contributed by atoms with E-state index in [2.05, 4.69) is 24.9 Å². The highest BCUT2D eigenvalue weighted by molar-refractivity contribution is 7.98. The van der Waals surface area contributed by atoms with Gasteiger partial charge in [-0.25, -0.2) is 4.98 Å². The van der Waals surface area contributed by atoms with Crippen LogP contribution in [0.15, 0.2) is 17.3 Å². The first-order valence-corrected chi connectivity index (χ1v) is 6.15. The predicted molar refractivity (Wildman–Crippen MR) is 62.7 cm³/mol. The van der Waals surface area contributed by atoms with Crippen molar-refractivity contribution in [3.8, 4) is 0 Å². The number of hydrogen-bond donors (Lipinski definition) is 1. The number of aromatic nitrogens is 1. The summed E-state index contributed by atoms with van der Waals surface area (Å²) < 4.78 is 0. The molecule has 2 nitrogen and oxygen atoms in total. The second-order valence-electron chi connectivity index (χ2n) is 3.54. The molecule has 1 heterocycles. The van der Waals surface area contributed by atoms with Crippen LogP contribution in [0.4, 0.5) is 0 Å². The molecule has 1 atom stereocenters. The van der Waals surface area contributed by atoms with Crippen molar-refractivity contribution in [2.45, 2.75) is 37.8 Å². The lowest BCUT2D eigenvalue weighted by atomic mass is 10.1. The third kappa shape index (κ3) is 3.00. The lowest BCUT2D eigenvalue weighted by molar-refractivity contribution is 0.644. The maximum Gasteiger partial charge on any atom is 0.0986 e. The molecule has 0 saturated heterocycles. The zero-order chi connectivity index (χ0) is 10.6. The van der Waals surface area contributed by atoms with Crippen molar-refractivity contribution in [3.05, 3.63) is 23.4 Å². The molecule has 78 valence electrons. The molecule has 14 heavy (non-hydrogen) atoms. The molecule has 2 N–H and O–H groups in total. The largest absolute Gasteiger partial charge is 0.327 e. The van der Waals surface area contributed by atoms with Crippen LogP contribution < -0.4 is 5.73 Å². The summed E-state index contributed by atoms with van der Waals surface area (Å²) in [5.74, 6) is 0. The van der Waals surface area contributed by atoms with E-state index in [-0.39, 0.29) is 6.04 Å². The van der Waals surface area contributed by atoms with E-state index in [9.17, 15) is 0 Å². The molecule has 3 heteroatoms. The van der Waals surface area contributed by atoms with E-state index in [1.807, 2.05) is 12.5 Å². The highest BCUT2D eigenvalue weighted by Crippen LogP contribution is 2.18. The fourth-order valence-electron chi connectivity index (χ4n) is 1.39. The molecule has 0 fully saturated rings. The van der Waals surface area contributed by atoms with Gasteiger partial charge in [-0.1, -0.05) is 13.0 Å². The molecule has 0 saturated carbocycles. The highest BCUT2D eigenvalue weighted by atomic mass is 32.2. The molecule has 0 aliphatic rings. The summed E-state index contributed by atoms with van der Waals surface area (Å²) in [5.41, 5.74) is 8.39. The van der Waals surface area contributed by atoms with Crippen molar-refractivity contribution in [1.29, 1.82) is 0 Å². The van der Waals surface area contributed by atoms with Crippen LogP contribution in [0.1, 0.15) is 24.5 Å². The summed E-state index contributed by atoms with van der Waals surface area (Å²) in [6, 6.07) is 2.45. The first-order chi connectivity index (χ1) is 6.67. The van der Waals surface area contributed by atoms with E-state index in [1.165, 1.54) is 11.1 Å². The summed E-state index contributed by atoms with van der Waals surface area (Å²) in [6.45, 7) is 4.21. The number of nitrogens with zero attached hydrogens (tertiary/aromatic N) is 1. The molecule has 0 spiro atoms. The van der Waals surface area contributed by atoms with E-state index >= 15 is 0 Å². The van der Waals surface area contributed by atoms with Crippen molar-refractivity contribution in [3.63, 3.8) is 0 Å². The Morgan fingerprint density at radius 2 is 2.29 bits per heavy atom. The molecule has 1 unspecified atom stereocenters. The summed E-state index contributed by atoms with van der Waals surface area (Å²) in [4.78, 5) is 4.39. The highest BCUT2D eigenvalue weighted by Gasteiger charge is 2.04. The normalized spacial score (nSPS) is 12.9. The number of pyridine rings is 1. The van der Waals surface area contributed by atoms with Gasteiger partial charge in [0.25, 0.3) is 0 Å². The second kappa shape index (κ2) is 5.37. The van der Waals surface area contributed by atoms with Crippen LogP contribution in [0.3, 0.4) is 0 Å². The molecule has 1 aromatic rings. The number of thioether (sulfide) groups is 1. The van der Waals surface area contributed by atoms with Crippen molar-refractivity contribution in [2.75, 3.05) is 6.26 Å². The zero-order valence-electron chi connectivity index (χ0n) is 9.08. The fraction of sp³-hybridized carbons (Fsp3) is 0.545. The van der Waals surface area contributed by atoms with E-state index in [1.54, 1.807) is 11.8 Å². The third-order valence-corrected chi connectivity index (χ3v) is 3.12. The molecule has 0 bridgehead atoms. The van der Waals surface area contributed by atoms with Crippen LogP contribution in [0, 0.1) is 6.92 Å². The minimum atomic E-state index is 0.260. The minimum Gasteiger partial charge on any atom is -0.327 e. The summed E-state index contributed by atoms with van der Waals surface area (Å²) in [6.07, 6.45) is 5.93. The molecule has 1 aromatic heterocycles. The van der Waals surface area contributed by atoms with Crippen LogP contribution in [0.5, 0.6) is 0 Å². The molecule has 0 aliphatic carbocycles. The van der Waals surface area contributed by atoms with Crippen LogP contribution >= 0.6 is 11.8 Å². The van der Waals surface area contributed by atoms with Crippen molar-refractivity contribution < 1.29 is 0 Å². The Labute approximate surface area is 90.3 Å². The standard InChI is InChI=1S/C11H18N2S/c1-4-10(12)6-9-5-8(2)11(14-3)13-7-9/h5,7,10H,4,6,12H2,1-3H3. The van der Waals surface area contributed by atoms with Gasteiger partial charge in [-0.3, -0.25) is 0 Å². The van der Waals surface area contributed by atoms with Gasteiger partial charge in [-0.15, -0.1) is 11.8 Å². The lowest BCUT2D eigenvalue weighted by Gasteiger charge is -2.09. The number of aryl methyl sites for hydroxylation is 1. The van der Waals surface area contributed by atoms with Gasteiger partial charge in [0.2, 0.25) is 0 Å². The van der Waals surface area contributed by atoms with Crippen LogP contribution in [0.25, 0.3) is 0 Å². The van der Waals surface area contributed by atoms with Crippen LogP contribution in [-0.4, -0.2) is 17.3 Å². The van der Waals surface area contributed by atoms with Gasteiger partial charge in [0.05, 0.1) is 5.03 Å². The lowest BCUT2D eigenvalue weighted by Crippen LogP contribution is -2.21. The van der Waals surface area contributed by atoms with E-state index in [0.717, 1.165) is 17.9 Å². The smallest absolute Gasteiger partial charge is 0.0986 e. The average Bonchev–Trinajstić information content (AvgIpc) is 2.18. The molecule has 0 radical (unpaired) electrons. The Balaban J connectivity index is 2.76. The van der Waals surface area contributed by atoms with E-state index in [4.69, 9.17) is 5.73 Å². The molecule has 1 rings (SSSR count). The molecule has 0 aromatic carbocycles. The average molecular weight is 210 g/mol. The fourth-order valence-corrected chi connectivity index (χ4v) is 1.93. The molecular formula is C11H18N2S. The zero-order valence-corrected chi connectivity index (χ0v) is 9.90. The van der Waals surface area contributed by atoms with Gasteiger partial charge in [0, 0.05) is 12.2 Å². The third-order valence-electron chi connectivity index (χ3n) is 2.30. The van der Waals surface area contributed by atoms with E-state index in [0.29, 0.717) is 0 Å². The molecule has 0 amide bonds. The topological polar surface area (TPSA) is 38.9 Å². The Bertz CT molecular complexity index is 299. The van der Waals surface area contributed by atoms with Crippen LogP contribution in [0.2, 0.25) is 0 Å². The first-order valence-electron chi connectivity index (χ1n) is 4.92. The Kier molecular flexibility index (Phi) is 4.42. The molecule has 0 aliphatic heterocycles. The second-order valence-corrected chi connectivity index (χ2v) is 4.34. The van der Waals surface area contributed by atoms with E-state index < -0.39 is 0 Å². The van der Waals surface area contributed by atoms with Crippen LogP contribution in [-0.2, 0) is 6.42 Å². The van der Waals surface area contributed by atoms with Gasteiger partial charge >= 0.3 is 0 Å². The number of hydrogen-bond acceptors (Lipinski definition) is 3. The predicted octanol–water partition coefficient (Wildman–Crippen LogP) is 2.39. The van der Waals surface area contributed by atoms with Gasteiger partial charge in [0.15, 0.2) is 0 Å². The summed E-state index contributed by atoms with van der Waals surface area (Å²) in [5, 5.41) is 1.11. The van der Waals surface area contributed by atoms with Crippen molar-refractivity contribution in [2.24, 2.45) is 5.73 Å². The molecular weight excluding hydrogens is 192 g/mol. The maximum absolute atomic E-state index is 5.89. The Morgan fingerprint density at radius 1 is 1.57 bits per heavy atom. The number of rotatable bonds is 4. The SMILES string of the molecule is CCC(N)Cc1cnc(SC)c(C)c1. The quantitative estimate of drug-likeness (QED) is 0.776. The van der Waals surface area contributed by atoms with Gasteiger partial charge in [-0.05, 0) is 37.1 Å². The van der Waals surface area contributed by atoms with Gasteiger partial charge in [-0.2, -0.15) is 0 Å². The number of nitrogens with two attached hydrogens (primary N) is 1. The summed E-state index contributed by atoms with van der Waals surface area (Å²) >= 11 is 1.69. The van der Waals surface area contributed by atoms with Gasteiger partial charge < -0.3 is 5.73 Å². The van der Waals surface area contributed by atoms with Crippen molar-refractivity contribution in [1.82, 2.24) is 4.98 Å². The van der Waals surface area contributed by atoms with Crippen molar-refractivity contribution >= 4 is 11.8 Å². The maximum atomic E-state index is 5.89.